The van der Waals surface area contributed by atoms with Gasteiger partial charge in [-0.1, -0.05) is 42.5 Å². The average Bonchev–Trinajstić information content (AvgIpc) is 2.50. The molecule has 0 spiro atoms. The summed E-state index contributed by atoms with van der Waals surface area (Å²) in [4.78, 5) is 4.84. The second-order valence-electron chi connectivity index (χ2n) is 7.83. The molecule has 1 radical (unpaired) electrons. The normalized spacial score (nSPS) is 22.0. The van der Waals surface area contributed by atoms with Gasteiger partial charge in [0.1, 0.15) is 0 Å². The Balaban J connectivity index is 1.88. The molecule has 2 aromatic rings. The van der Waals surface area contributed by atoms with Crippen molar-refractivity contribution in [3.63, 3.8) is 0 Å². The van der Waals surface area contributed by atoms with Crippen LogP contribution in [0, 0.1) is 0 Å². The molecular formula is C20H25N2O. The zero-order valence-corrected chi connectivity index (χ0v) is 14.4. The van der Waals surface area contributed by atoms with Gasteiger partial charge in [0.05, 0.1) is 6.04 Å². The van der Waals surface area contributed by atoms with Crippen LogP contribution in [-0.4, -0.2) is 28.4 Å². The molecule has 0 atom stereocenters. The summed E-state index contributed by atoms with van der Waals surface area (Å²) < 4.78 is 0. The van der Waals surface area contributed by atoms with Gasteiger partial charge < -0.3 is 0 Å². The minimum Gasteiger partial charge on any atom is -0.289 e. The summed E-state index contributed by atoms with van der Waals surface area (Å²) in [5.74, 6) is 0. The van der Waals surface area contributed by atoms with Crippen LogP contribution < -0.4 is 0 Å². The molecule has 3 nitrogen and oxygen atoms in total. The third-order valence-corrected chi connectivity index (χ3v) is 4.82. The summed E-state index contributed by atoms with van der Waals surface area (Å²) in [6, 6.07) is 14.8. The lowest BCUT2D eigenvalue weighted by atomic mass is 9.79. The number of hydrogen-bond acceptors (Lipinski definition) is 2. The van der Waals surface area contributed by atoms with Crippen LogP contribution in [0.4, 0.5) is 0 Å². The zero-order valence-electron chi connectivity index (χ0n) is 14.4. The van der Waals surface area contributed by atoms with Crippen LogP contribution in [-0.2, 0) is 5.21 Å². The Hall–Kier alpha value is -1.71. The second kappa shape index (κ2) is 5.73. The Morgan fingerprint density at radius 1 is 1.00 bits per heavy atom. The maximum Gasteiger partial charge on any atom is 0.0536 e. The highest BCUT2D eigenvalue weighted by atomic mass is 16.5. The van der Waals surface area contributed by atoms with E-state index in [4.69, 9.17) is 4.99 Å². The highest BCUT2D eigenvalue weighted by Crippen LogP contribution is 2.38. The minimum atomic E-state index is -0.373. The standard InChI is InChI=1S/C20H25N2O/c1-19(2)12-17(13-20(3,4)22(19)23)21-14-16-10-7-9-15-8-5-6-11-18(15)16/h5-11,14,17H,12-13H2,1-4H3. The summed E-state index contributed by atoms with van der Waals surface area (Å²) in [5.41, 5.74) is 0.397. The molecule has 1 saturated heterocycles. The number of piperidine rings is 1. The maximum absolute atomic E-state index is 12.4. The first-order valence-electron chi connectivity index (χ1n) is 8.28. The van der Waals surface area contributed by atoms with Crippen LogP contribution in [0.15, 0.2) is 47.5 Å². The smallest absolute Gasteiger partial charge is 0.0536 e. The highest BCUT2D eigenvalue weighted by molar-refractivity contribution is 5.99. The molecule has 1 heterocycles. The van der Waals surface area contributed by atoms with Gasteiger partial charge in [-0.05, 0) is 51.3 Å². The fraction of sp³-hybridized carbons (Fsp3) is 0.450. The van der Waals surface area contributed by atoms with Gasteiger partial charge in [-0.3, -0.25) is 4.99 Å². The van der Waals surface area contributed by atoms with Crippen molar-refractivity contribution < 1.29 is 5.21 Å². The van der Waals surface area contributed by atoms with Gasteiger partial charge in [0.2, 0.25) is 0 Å². The van der Waals surface area contributed by atoms with Crippen molar-refractivity contribution in [3.8, 4) is 0 Å². The average molecular weight is 309 g/mol. The SMILES string of the molecule is CC1(C)CC(N=Cc2cccc3ccccc23)CC(C)(C)N1[O]. The second-order valence-corrected chi connectivity index (χ2v) is 7.83. The largest absolute Gasteiger partial charge is 0.289 e. The lowest BCUT2D eigenvalue weighted by molar-refractivity contribution is -0.288. The van der Waals surface area contributed by atoms with Gasteiger partial charge >= 0.3 is 0 Å². The quantitative estimate of drug-likeness (QED) is 0.745. The van der Waals surface area contributed by atoms with E-state index in [1.807, 2.05) is 33.9 Å². The Labute approximate surface area is 138 Å². The van der Waals surface area contributed by atoms with E-state index in [0.29, 0.717) is 0 Å². The summed E-state index contributed by atoms with van der Waals surface area (Å²) in [5, 5.41) is 16.1. The molecule has 0 aliphatic carbocycles. The van der Waals surface area contributed by atoms with E-state index in [1.54, 1.807) is 0 Å². The number of rotatable bonds is 2. The molecule has 3 rings (SSSR count). The van der Waals surface area contributed by atoms with E-state index in [1.165, 1.54) is 15.8 Å². The number of nitrogens with zero attached hydrogens (tertiary/aromatic N) is 2. The van der Waals surface area contributed by atoms with E-state index in [-0.39, 0.29) is 17.1 Å². The molecule has 0 unspecified atom stereocenters. The van der Waals surface area contributed by atoms with Crippen molar-refractivity contribution in [3.05, 3.63) is 48.0 Å². The molecule has 0 bridgehead atoms. The van der Waals surface area contributed by atoms with Gasteiger partial charge in [-0.15, -0.1) is 10.3 Å². The molecule has 2 aromatic carbocycles. The van der Waals surface area contributed by atoms with E-state index in [0.717, 1.165) is 18.4 Å². The van der Waals surface area contributed by atoms with Gasteiger partial charge in [0.25, 0.3) is 0 Å². The van der Waals surface area contributed by atoms with Crippen LogP contribution in [0.5, 0.6) is 0 Å². The van der Waals surface area contributed by atoms with Gasteiger partial charge in [0.15, 0.2) is 0 Å². The molecule has 23 heavy (non-hydrogen) atoms. The zero-order chi connectivity index (χ0) is 16.7. The number of hydroxylamine groups is 2. The first-order chi connectivity index (χ1) is 10.8. The van der Waals surface area contributed by atoms with Crippen LogP contribution in [0.1, 0.15) is 46.1 Å². The molecule has 121 valence electrons. The summed E-state index contributed by atoms with van der Waals surface area (Å²) in [6.07, 6.45) is 3.57. The number of hydrogen-bond donors (Lipinski definition) is 0. The first-order valence-corrected chi connectivity index (χ1v) is 8.28. The van der Waals surface area contributed by atoms with Crippen molar-refractivity contribution in [2.75, 3.05) is 0 Å². The Morgan fingerprint density at radius 3 is 2.30 bits per heavy atom. The summed E-state index contributed by atoms with van der Waals surface area (Å²) in [7, 11) is 0. The molecular weight excluding hydrogens is 284 g/mol. The van der Waals surface area contributed by atoms with E-state index < -0.39 is 0 Å². The Morgan fingerprint density at radius 2 is 1.61 bits per heavy atom. The third-order valence-electron chi connectivity index (χ3n) is 4.82. The molecule has 0 aromatic heterocycles. The third kappa shape index (κ3) is 3.17. The van der Waals surface area contributed by atoms with Crippen LogP contribution in [0.3, 0.4) is 0 Å². The molecule has 0 amide bonds. The van der Waals surface area contributed by atoms with Crippen molar-refractivity contribution in [1.29, 1.82) is 0 Å². The van der Waals surface area contributed by atoms with Gasteiger partial charge in [-0.2, -0.15) is 0 Å². The maximum atomic E-state index is 12.4. The van der Waals surface area contributed by atoms with Crippen molar-refractivity contribution in [2.45, 2.75) is 57.7 Å². The van der Waals surface area contributed by atoms with E-state index >= 15 is 0 Å². The first kappa shape index (κ1) is 16.2. The molecule has 0 saturated carbocycles. The van der Waals surface area contributed by atoms with Crippen LogP contribution >= 0.6 is 0 Å². The molecule has 1 aliphatic heterocycles. The van der Waals surface area contributed by atoms with E-state index in [9.17, 15) is 5.21 Å². The van der Waals surface area contributed by atoms with Gasteiger partial charge in [0, 0.05) is 22.9 Å². The molecule has 3 heteroatoms. The lowest BCUT2D eigenvalue weighted by Crippen LogP contribution is -2.59. The summed E-state index contributed by atoms with van der Waals surface area (Å²) >= 11 is 0. The fourth-order valence-corrected chi connectivity index (χ4v) is 3.86. The predicted octanol–water partition coefficient (Wildman–Crippen LogP) is 4.63. The van der Waals surface area contributed by atoms with E-state index in [2.05, 4.69) is 42.5 Å². The van der Waals surface area contributed by atoms with Crippen molar-refractivity contribution in [1.82, 2.24) is 5.06 Å². The Bertz CT molecular complexity index is 710. The predicted molar refractivity (Wildman–Crippen MR) is 95.2 cm³/mol. The molecule has 1 aliphatic rings. The monoisotopic (exact) mass is 309 g/mol. The van der Waals surface area contributed by atoms with Gasteiger partial charge in [-0.25, -0.2) is 0 Å². The lowest BCUT2D eigenvalue weighted by Gasteiger charge is -2.48. The minimum absolute atomic E-state index is 0.184. The van der Waals surface area contributed by atoms with Crippen LogP contribution in [0.25, 0.3) is 10.8 Å². The van der Waals surface area contributed by atoms with Crippen molar-refractivity contribution in [2.24, 2.45) is 4.99 Å². The van der Waals surface area contributed by atoms with Crippen molar-refractivity contribution >= 4 is 17.0 Å². The number of benzene rings is 2. The Kier molecular flexibility index (Phi) is 4.03. The highest BCUT2D eigenvalue weighted by Gasteiger charge is 2.45. The molecule has 1 fully saturated rings. The fourth-order valence-electron chi connectivity index (χ4n) is 3.86. The number of fused-ring (bicyclic) bond motifs is 1. The summed E-state index contributed by atoms with van der Waals surface area (Å²) in [6.45, 7) is 8.06. The van der Waals surface area contributed by atoms with Crippen LogP contribution in [0.2, 0.25) is 0 Å². The number of aliphatic imine (C=N–C) groups is 1. The topological polar surface area (TPSA) is 35.5 Å². The molecule has 0 N–H and O–H groups in total.